The van der Waals surface area contributed by atoms with Crippen molar-refractivity contribution in [2.24, 2.45) is 0 Å². The molecule has 1 aliphatic rings. The third-order valence-corrected chi connectivity index (χ3v) is 5.30. The molecule has 4 rings (SSSR count). The predicted octanol–water partition coefficient (Wildman–Crippen LogP) is 3.96. The number of nitriles is 1. The molecule has 0 spiro atoms. The average molecular weight is 342 g/mol. The molecule has 0 bridgehead atoms. The summed E-state index contributed by atoms with van der Waals surface area (Å²) in [5.74, 6) is 0. The van der Waals surface area contributed by atoms with E-state index in [1.807, 2.05) is 30.6 Å². The van der Waals surface area contributed by atoms with Gasteiger partial charge in [-0.1, -0.05) is 12.1 Å². The molecule has 0 saturated carbocycles. The molecule has 4 heteroatoms. The first-order valence-electron chi connectivity index (χ1n) is 9.08. The maximum Gasteiger partial charge on any atom is 0.0991 e. The minimum Gasteiger partial charge on any atom is -0.371 e. The molecule has 3 aromatic rings. The highest BCUT2D eigenvalue weighted by Gasteiger charge is 2.20. The average Bonchev–Trinajstić information content (AvgIpc) is 2.73. The Kier molecular flexibility index (Phi) is 4.55. The van der Waals surface area contributed by atoms with Crippen LogP contribution in [0.4, 0.5) is 5.69 Å². The molecule has 1 N–H and O–H groups in total. The summed E-state index contributed by atoms with van der Waals surface area (Å²) in [6.45, 7) is 2.13. The van der Waals surface area contributed by atoms with Crippen LogP contribution in [0.15, 0.2) is 54.9 Å². The van der Waals surface area contributed by atoms with Crippen LogP contribution in [-0.4, -0.2) is 31.2 Å². The van der Waals surface area contributed by atoms with Crippen molar-refractivity contribution in [2.75, 3.05) is 25.0 Å². The summed E-state index contributed by atoms with van der Waals surface area (Å²) in [5.41, 5.74) is 4.10. The first kappa shape index (κ1) is 16.6. The van der Waals surface area contributed by atoms with Gasteiger partial charge in [0.05, 0.1) is 11.6 Å². The predicted molar refractivity (Wildman–Crippen MR) is 106 cm³/mol. The van der Waals surface area contributed by atoms with Crippen LogP contribution in [0.3, 0.4) is 0 Å². The van der Waals surface area contributed by atoms with E-state index in [-0.39, 0.29) is 0 Å². The van der Waals surface area contributed by atoms with Crippen LogP contribution in [0.2, 0.25) is 0 Å². The fourth-order valence-electron chi connectivity index (χ4n) is 3.80. The van der Waals surface area contributed by atoms with Crippen LogP contribution in [0.25, 0.3) is 21.9 Å². The lowest BCUT2D eigenvalue weighted by Crippen LogP contribution is -2.41. The van der Waals surface area contributed by atoms with E-state index in [0.29, 0.717) is 11.6 Å². The molecular formula is C22H22N4. The van der Waals surface area contributed by atoms with Crippen molar-refractivity contribution in [1.82, 2.24) is 10.3 Å². The normalized spacial score (nSPS) is 14.9. The van der Waals surface area contributed by atoms with Crippen LogP contribution in [0.1, 0.15) is 18.4 Å². The van der Waals surface area contributed by atoms with Crippen molar-refractivity contribution in [3.05, 3.63) is 60.4 Å². The second kappa shape index (κ2) is 7.15. The Hall–Kier alpha value is -2.90. The van der Waals surface area contributed by atoms with Gasteiger partial charge in [0.25, 0.3) is 0 Å². The number of anilines is 1. The molecule has 1 aromatic heterocycles. The highest BCUT2D eigenvalue weighted by Crippen LogP contribution is 2.34. The molecule has 0 aliphatic carbocycles. The summed E-state index contributed by atoms with van der Waals surface area (Å²) in [5, 5.41) is 15.0. The van der Waals surface area contributed by atoms with Crippen molar-refractivity contribution in [3.63, 3.8) is 0 Å². The first-order chi connectivity index (χ1) is 12.8. The van der Waals surface area contributed by atoms with Crippen LogP contribution >= 0.6 is 0 Å². The largest absolute Gasteiger partial charge is 0.371 e. The maximum atomic E-state index is 9.22. The van der Waals surface area contributed by atoms with E-state index in [1.165, 1.54) is 16.5 Å². The van der Waals surface area contributed by atoms with Gasteiger partial charge in [-0.05, 0) is 72.8 Å². The second-order valence-electron chi connectivity index (χ2n) is 6.88. The number of nitrogens with zero attached hydrogens (tertiary/aromatic N) is 3. The number of pyridine rings is 1. The molecule has 130 valence electrons. The molecule has 2 heterocycles. The second-order valence-corrected chi connectivity index (χ2v) is 6.88. The molecule has 1 saturated heterocycles. The fourth-order valence-corrected chi connectivity index (χ4v) is 3.80. The lowest BCUT2D eigenvalue weighted by Gasteiger charge is -2.34. The molecule has 0 radical (unpaired) electrons. The molecular weight excluding hydrogens is 320 g/mol. The number of aromatic nitrogens is 1. The van der Waals surface area contributed by atoms with Gasteiger partial charge < -0.3 is 10.2 Å². The van der Waals surface area contributed by atoms with Crippen molar-refractivity contribution in [1.29, 1.82) is 5.26 Å². The third-order valence-electron chi connectivity index (χ3n) is 5.30. The minimum atomic E-state index is 0.528. The number of hydrogen-bond acceptors (Lipinski definition) is 4. The quantitative estimate of drug-likeness (QED) is 0.783. The Labute approximate surface area is 154 Å². The number of hydrogen-bond donors (Lipinski definition) is 1. The zero-order chi connectivity index (χ0) is 17.9. The SMILES string of the molecule is CN(c1cc(-c2cccc(C#N)c2)cc2ccncc12)C1CCNCC1. The Balaban J connectivity index is 1.84. The van der Waals surface area contributed by atoms with Gasteiger partial charge in [-0.2, -0.15) is 5.26 Å². The van der Waals surface area contributed by atoms with Gasteiger partial charge in [-0.3, -0.25) is 4.98 Å². The van der Waals surface area contributed by atoms with Gasteiger partial charge in [-0.15, -0.1) is 0 Å². The van der Waals surface area contributed by atoms with E-state index < -0.39 is 0 Å². The molecule has 4 nitrogen and oxygen atoms in total. The van der Waals surface area contributed by atoms with E-state index in [2.05, 4.69) is 52.6 Å². The van der Waals surface area contributed by atoms with Gasteiger partial charge in [0.15, 0.2) is 0 Å². The summed E-state index contributed by atoms with van der Waals surface area (Å²) in [6, 6.07) is 17.1. The highest BCUT2D eigenvalue weighted by molar-refractivity contribution is 5.97. The summed E-state index contributed by atoms with van der Waals surface area (Å²) in [7, 11) is 2.19. The Morgan fingerprint density at radius 1 is 1.12 bits per heavy atom. The van der Waals surface area contributed by atoms with Crippen molar-refractivity contribution in [2.45, 2.75) is 18.9 Å². The van der Waals surface area contributed by atoms with Crippen molar-refractivity contribution in [3.8, 4) is 17.2 Å². The van der Waals surface area contributed by atoms with E-state index in [9.17, 15) is 5.26 Å². The number of piperidine rings is 1. The summed E-state index contributed by atoms with van der Waals surface area (Å²) in [6.07, 6.45) is 6.09. The van der Waals surface area contributed by atoms with E-state index in [1.54, 1.807) is 0 Å². The monoisotopic (exact) mass is 342 g/mol. The van der Waals surface area contributed by atoms with Crippen LogP contribution in [-0.2, 0) is 0 Å². The number of fused-ring (bicyclic) bond motifs is 1. The zero-order valence-corrected chi connectivity index (χ0v) is 14.9. The van der Waals surface area contributed by atoms with Gasteiger partial charge >= 0.3 is 0 Å². The standard InChI is InChI=1S/C22H22N4/c1-26(20-6-9-24-10-7-20)22-13-19(12-18-5-8-25-15-21(18)22)17-4-2-3-16(11-17)14-23/h2-5,8,11-13,15,20,24H,6-7,9-10H2,1H3. The molecule has 26 heavy (non-hydrogen) atoms. The first-order valence-corrected chi connectivity index (χ1v) is 9.08. The minimum absolute atomic E-state index is 0.528. The topological polar surface area (TPSA) is 52.0 Å². The van der Waals surface area contributed by atoms with Crippen LogP contribution in [0.5, 0.6) is 0 Å². The molecule has 0 unspecified atom stereocenters. The summed E-state index contributed by atoms with van der Waals surface area (Å²) >= 11 is 0. The third kappa shape index (κ3) is 3.14. The van der Waals surface area contributed by atoms with E-state index in [4.69, 9.17) is 0 Å². The molecule has 1 aliphatic heterocycles. The highest BCUT2D eigenvalue weighted by atomic mass is 15.1. The maximum absolute atomic E-state index is 9.22. The van der Waals surface area contributed by atoms with Crippen LogP contribution in [0, 0.1) is 11.3 Å². The number of rotatable bonds is 3. The Morgan fingerprint density at radius 3 is 2.77 bits per heavy atom. The fraction of sp³-hybridized carbons (Fsp3) is 0.273. The number of nitrogens with one attached hydrogen (secondary N) is 1. The lowest BCUT2D eigenvalue weighted by atomic mass is 9.97. The van der Waals surface area contributed by atoms with Gasteiger partial charge in [-0.25, -0.2) is 0 Å². The molecule has 0 atom stereocenters. The molecule has 0 amide bonds. The van der Waals surface area contributed by atoms with Crippen molar-refractivity contribution >= 4 is 16.5 Å². The molecule has 1 fully saturated rings. The Morgan fingerprint density at radius 2 is 1.96 bits per heavy atom. The van der Waals surface area contributed by atoms with Crippen molar-refractivity contribution < 1.29 is 0 Å². The lowest BCUT2D eigenvalue weighted by molar-refractivity contribution is 0.444. The van der Waals surface area contributed by atoms with Gasteiger partial charge in [0.2, 0.25) is 0 Å². The summed E-state index contributed by atoms with van der Waals surface area (Å²) in [4.78, 5) is 6.75. The smallest absolute Gasteiger partial charge is 0.0991 e. The summed E-state index contributed by atoms with van der Waals surface area (Å²) < 4.78 is 0. The molecule has 2 aromatic carbocycles. The van der Waals surface area contributed by atoms with Gasteiger partial charge in [0.1, 0.15) is 0 Å². The van der Waals surface area contributed by atoms with Gasteiger partial charge in [0, 0.05) is 36.6 Å². The van der Waals surface area contributed by atoms with Crippen LogP contribution < -0.4 is 10.2 Å². The number of benzene rings is 2. The Bertz CT molecular complexity index is 967. The van der Waals surface area contributed by atoms with E-state index >= 15 is 0 Å². The van der Waals surface area contributed by atoms with E-state index in [0.717, 1.165) is 37.1 Å². The zero-order valence-electron chi connectivity index (χ0n) is 14.9.